The Balaban J connectivity index is 2.19. The Morgan fingerprint density at radius 2 is 2.11 bits per heavy atom. The molecule has 2 rings (SSSR count). The van der Waals surface area contributed by atoms with Crippen LogP contribution >= 0.6 is 0 Å². The van der Waals surface area contributed by atoms with Crippen molar-refractivity contribution in [2.75, 3.05) is 6.54 Å². The molecule has 1 aromatic rings. The zero-order valence-corrected chi connectivity index (χ0v) is 11.8. The molecule has 4 nitrogen and oxygen atoms in total. The van der Waals surface area contributed by atoms with Gasteiger partial charge in [-0.2, -0.15) is 0 Å². The number of hydrogen-bond acceptors (Lipinski definition) is 3. The maximum atomic E-state index is 13.7. The van der Waals surface area contributed by atoms with Gasteiger partial charge in [0, 0.05) is 18.7 Å². The molecule has 0 radical (unpaired) electrons. The lowest BCUT2D eigenvalue weighted by Gasteiger charge is -2.11. The van der Waals surface area contributed by atoms with Gasteiger partial charge in [0.05, 0.1) is 4.90 Å². The van der Waals surface area contributed by atoms with E-state index < -0.39 is 15.8 Å². The lowest BCUT2D eigenvalue weighted by Crippen LogP contribution is -2.26. The van der Waals surface area contributed by atoms with Crippen molar-refractivity contribution in [3.05, 3.63) is 29.1 Å². The van der Waals surface area contributed by atoms with E-state index in [9.17, 15) is 12.8 Å². The maximum Gasteiger partial charge on any atom is 0.240 e. The second kappa shape index (κ2) is 5.56. The third-order valence-electron chi connectivity index (χ3n) is 3.42. The van der Waals surface area contributed by atoms with Crippen LogP contribution in [-0.2, 0) is 16.6 Å². The maximum absolute atomic E-state index is 13.7. The van der Waals surface area contributed by atoms with Crippen molar-refractivity contribution in [1.29, 1.82) is 0 Å². The average Bonchev–Trinajstić information content (AvgIpc) is 3.16. The first-order valence-corrected chi connectivity index (χ1v) is 7.91. The number of nitrogens with two attached hydrogens (primary N) is 1. The van der Waals surface area contributed by atoms with E-state index in [0.717, 1.165) is 6.42 Å². The molecule has 0 aliphatic heterocycles. The van der Waals surface area contributed by atoms with E-state index in [1.165, 1.54) is 31.9 Å². The molecule has 1 aromatic carbocycles. The van der Waals surface area contributed by atoms with Crippen LogP contribution in [0.5, 0.6) is 0 Å². The van der Waals surface area contributed by atoms with E-state index in [4.69, 9.17) is 5.73 Å². The van der Waals surface area contributed by atoms with Crippen molar-refractivity contribution in [2.24, 2.45) is 11.7 Å². The second-order valence-electron chi connectivity index (χ2n) is 5.03. The van der Waals surface area contributed by atoms with Gasteiger partial charge in [-0.25, -0.2) is 17.5 Å². The number of rotatable bonds is 6. The van der Waals surface area contributed by atoms with Crippen LogP contribution < -0.4 is 10.5 Å². The van der Waals surface area contributed by atoms with Crippen molar-refractivity contribution in [1.82, 2.24) is 4.72 Å². The Labute approximate surface area is 113 Å². The minimum Gasteiger partial charge on any atom is -0.326 e. The lowest BCUT2D eigenvalue weighted by molar-refractivity contribution is 0.568. The van der Waals surface area contributed by atoms with Gasteiger partial charge in [-0.15, -0.1) is 0 Å². The topological polar surface area (TPSA) is 72.2 Å². The standard InChI is InChI=1S/C13H19FN2O2S/c1-9-12(14)6-11(8-15)7-13(9)19(17,18)16-5-4-10-2-3-10/h6-7,10,16H,2-5,8,15H2,1H3. The number of sulfonamides is 1. The minimum atomic E-state index is -3.66. The molecular formula is C13H19FN2O2S. The Kier molecular flexibility index (Phi) is 4.23. The summed E-state index contributed by atoms with van der Waals surface area (Å²) >= 11 is 0. The normalized spacial score (nSPS) is 15.7. The van der Waals surface area contributed by atoms with Gasteiger partial charge in [0.1, 0.15) is 5.82 Å². The van der Waals surface area contributed by atoms with Crippen molar-refractivity contribution in [2.45, 2.75) is 37.6 Å². The molecule has 6 heteroatoms. The highest BCUT2D eigenvalue weighted by Gasteiger charge is 2.23. The molecule has 0 atom stereocenters. The lowest BCUT2D eigenvalue weighted by atomic mass is 10.1. The summed E-state index contributed by atoms with van der Waals surface area (Å²) in [6, 6.07) is 2.72. The molecule has 19 heavy (non-hydrogen) atoms. The molecule has 0 bridgehead atoms. The van der Waals surface area contributed by atoms with Crippen LogP contribution in [0.3, 0.4) is 0 Å². The second-order valence-corrected chi connectivity index (χ2v) is 6.77. The molecule has 1 fully saturated rings. The van der Waals surface area contributed by atoms with Crippen molar-refractivity contribution < 1.29 is 12.8 Å². The third-order valence-corrected chi connectivity index (χ3v) is 5.01. The van der Waals surface area contributed by atoms with Gasteiger partial charge >= 0.3 is 0 Å². The summed E-state index contributed by atoms with van der Waals surface area (Å²) in [4.78, 5) is -0.0104. The molecule has 0 aromatic heterocycles. The van der Waals surface area contributed by atoms with E-state index in [1.54, 1.807) is 0 Å². The number of halogens is 1. The van der Waals surface area contributed by atoms with E-state index in [0.29, 0.717) is 18.0 Å². The quantitative estimate of drug-likeness (QED) is 0.835. The number of benzene rings is 1. The largest absolute Gasteiger partial charge is 0.326 e. The minimum absolute atomic E-state index is 0.0104. The molecule has 1 aliphatic carbocycles. The van der Waals surface area contributed by atoms with Gasteiger partial charge in [0.2, 0.25) is 10.0 Å². The van der Waals surface area contributed by atoms with Gasteiger partial charge in [-0.05, 0) is 37.0 Å². The van der Waals surface area contributed by atoms with Crippen molar-refractivity contribution >= 4 is 10.0 Å². The SMILES string of the molecule is Cc1c(F)cc(CN)cc1S(=O)(=O)NCCC1CC1. The van der Waals surface area contributed by atoms with Gasteiger partial charge in [0.15, 0.2) is 0 Å². The molecule has 0 unspecified atom stereocenters. The Morgan fingerprint density at radius 3 is 2.68 bits per heavy atom. The van der Waals surface area contributed by atoms with E-state index in [1.807, 2.05) is 0 Å². The predicted octanol–water partition coefficient (Wildman–Crippen LogP) is 1.67. The molecule has 0 amide bonds. The summed E-state index contributed by atoms with van der Waals surface area (Å²) in [5.41, 5.74) is 6.06. The molecular weight excluding hydrogens is 267 g/mol. The van der Waals surface area contributed by atoms with Crippen LogP contribution in [0.25, 0.3) is 0 Å². The highest BCUT2D eigenvalue weighted by atomic mass is 32.2. The van der Waals surface area contributed by atoms with Crippen molar-refractivity contribution in [3.63, 3.8) is 0 Å². The van der Waals surface area contributed by atoms with Crippen LogP contribution in [0, 0.1) is 18.7 Å². The summed E-state index contributed by atoms with van der Waals surface area (Å²) in [7, 11) is -3.66. The number of hydrogen-bond donors (Lipinski definition) is 2. The zero-order valence-electron chi connectivity index (χ0n) is 10.9. The van der Waals surface area contributed by atoms with Crippen LogP contribution in [0.15, 0.2) is 17.0 Å². The Hall–Kier alpha value is -0.980. The monoisotopic (exact) mass is 286 g/mol. The fourth-order valence-corrected chi connectivity index (χ4v) is 3.33. The molecule has 0 spiro atoms. The van der Waals surface area contributed by atoms with E-state index >= 15 is 0 Å². The summed E-state index contributed by atoms with van der Waals surface area (Å²) in [5.74, 6) is 0.112. The third kappa shape index (κ3) is 3.52. The number of nitrogens with one attached hydrogen (secondary N) is 1. The Morgan fingerprint density at radius 1 is 1.42 bits per heavy atom. The Bertz CT molecular complexity index is 568. The molecule has 106 valence electrons. The highest BCUT2D eigenvalue weighted by Crippen LogP contribution is 2.32. The fourth-order valence-electron chi connectivity index (χ4n) is 1.99. The molecule has 3 N–H and O–H groups in total. The zero-order chi connectivity index (χ0) is 14.0. The smallest absolute Gasteiger partial charge is 0.240 e. The highest BCUT2D eigenvalue weighted by molar-refractivity contribution is 7.89. The first-order valence-electron chi connectivity index (χ1n) is 6.43. The summed E-state index contributed by atoms with van der Waals surface area (Å²) in [5, 5.41) is 0. The van der Waals surface area contributed by atoms with Gasteiger partial charge in [0.25, 0.3) is 0 Å². The van der Waals surface area contributed by atoms with Crippen molar-refractivity contribution in [3.8, 4) is 0 Å². The van der Waals surface area contributed by atoms with Crippen LogP contribution in [0.4, 0.5) is 4.39 Å². The molecule has 1 aliphatic rings. The van der Waals surface area contributed by atoms with Crippen LogP contribution in [0.1, 0.15) is 30.4 Å². The molecule has 1 saturated carbocycles. The first kappa shape index (κ1) is 14.4. The predicted molar refractivity (Wildman–Crippen MR) is 71.6 cm³/mol. The van der Waals surface area contributed by atoms with E-state index in [2.05, 4.69) is 4.72 Å². The summed E-state index contributed by atoms with van der Waals surface area (Å²) in [6.45, 7) is 1.98. The summed E-state index contributed by atoms with van der Waals surface area (Å²) < 4.78 is 40.5. The van der Waals surface area contributed by atoms with Crippen LogP contribution in [-0.4, -0.2) is 15.0 Å². The van der Waals surface area contributed by atoms with Crippen LogP contribution in [0.2, 0.25) is 0 Å². The first-order chi connectivity index (χ1) is 8.94. The average molecular weight is 286 g/mol. The fraction of sp³-hybridized carbons (Fsp3) is 0.538. The van der Waals surface area contributed by atoms with Gasteiger partial charge in [-0.3, -0.25) is 0 Å². The molecule has 0 saturated heterocycles. The van der Waals surface area contributed by atoms with Gasteiger partial charge < -0.3 is 5.73 Å². The summed E-state index contributed by atoms with van der Waals surface area (Å²) in [6.07, 6.45) is 3.20. The van der Waals surface area contributed by atoms with Gasteiger partial charge in [-0.1, -0.05) is 12.8 Å². The molecule has 0 heterocycles. The van der Waals surface area contributed by atoms with E-state index in [-0.39, 0.29) is 17.0 Å².